The Morgan fingerprint density at radius 1 is 1.30 bits per heavy atom. The average Bonchev–Trinajstić information content (AvgIpc) is 2.37. The van der Waals surface area contributed by atoms with Crippen molar-refractivity contribution in [3.8, 4) is 0 Å². The van der Waals surface area contributed by atoms with Crippen molar-refractivity contribution >= 4 is 10.0 Å². The van der Waals surface area contributed by atoms with Crippen molar-refractivity contribution in [3.63, 3.8) is 0 Å². The third-order valence-corrected chi connectivity index (χ3v) is 4.64. The van der Waals surface area contributed by atoms with Crippen LogP contribution in [0.25, 0.3) is 0 Å². The second-order valence-corrected chi connectivity index (χ2v) is 6.80. The lowest BCUT2D eigenvalue weighted by Crippen LogP contribution is -2.39. The molecule has 0 saturated carbocycles. The Morgan fingerprint density at radius 3 is 2.60 bits per heavy atom. The van der Waals surface area contributed by atoms with Crippen LogP contribution in [-0.2, 0) is 16.6 Å². The van der Waals surface area contributed by atoms with Crippen molar-refractivity contribution in [2.75, 3.05) is 13.1 Å². The SMILES string of the molecule is CCCNCC(C)S(=O)(=O)NCc1ccc(F)cc1F. The monoisotopic (exact) mass is 306 g/mol. The van der Waals surface area contributed by atoms with Gasteiger partial charge in [0.2, 0.25) is 10.0 Å². The Balaban J connectivity index is 2.58. The first kappa shape index (κ1) is 17.0. The van der Waals surface area contributed by atoms with E-state index >= 15 is 0 Å². The molecule has 20 heavy (non-hydrogen) atoms. The van der Waals surface area contributed by atoms with E-state index in [4.69, 9.17) is 0 Å². The molecule has 0 heterocycles. The highest BCUT2D eigenvalue weighted by molar-refractivity contribution is 7.90. The number of sulfonamides is 1. The van der Waals surface area contributed by atoms with Gasteiger partial charge in [-0.25, -0.2) is 21.9 Å². The molecule has 4 nitrogen and oxygen atoms in total. The van der Waals surface area contributed by atoms with Crippen LogP contribution >= 0.6 is 0 Å². The van der Waals surface area contributed by atoms with E-state index in [1.165, 1.54) is 6.07 Å². The summed E-state index contributed by atoms with van der Waals surface area (Å²) in [5, 5.41) is 2.39. The number of benzene rings is 1. The minimum Gasteiger partial charge on any atom is -0.315 e. The van der Waals surface area contributed by atoms with Gasteiger partial charge in [-0.2, -0.15) is 0 Å². The summed E-state index contributed by atoms with van der Waals surface area (Å²) in [7, 11) is -3.54. The molecule has 0 amide bonds. The highest BCUT2D eigenvalue weighted by atomic mass is 32.2. The lowest BCUT2D eigenvalue weighted by Gasteiger charge is -2.14. The first-order valence-corrected chi connectivity index (χ1v) is 8.04. The van der Waals surface area contributed by atoms with Crippen molar-refractivity contribution in [1.29, 1.82) is 0 Å². The van der Waals surface area contributed by atoms with Gasteiger partial charge in [-0.1, -0.05) is 13.0 Å². The van der Waals surface area contributed by atoms with Crippen molar-refractivity contribution in [3.05, 3.63) is 35.4 Å². The molecule has 2 N–H and O–H groups in total. The van der Waals surface area contributed by atoms with E-state index in [0.29, 0.717) is 6.54 Å². The summed E-state index contributed by atoms with van der Waals surface area (Å²) < 4.78 is 52.3. The Kier molecular flexibility index (Phi) is 6.51. The normalized spacial score (nSPS) is 13.4. The van der Waals surface area contributed by atoms with Gasteiger partial charge in [-0.05, 0) is 26.0 Å². The summed E-state index contributed by atoms with van der Waals surface area (Å²) >= 11 is 0. The second kappa shape index (κ2) is 7.66. The van der Waals surface area contributed by atoms with Gasteiger partial charge >= 0.3 is 0 Å². The molecule has 0 aliphatic carbocycles. The minimum atomic E-state index is -3.54. The maximum atomic E-state index is 13.4. The zero-order valence-electron chi connectivity index (χ0n) is 11.6. The van der Waals surface area contributed by atoms with Gasteiger partial charge < -0.3 is 5.32 Å². The molecule has 0 saturated heterocycles. The fourth-order valence-electron chi connectivity index (χ4n) is 1.58. The Bertz CT molecular complexity index is 535. The van der Waals surface area contributed by atoms with E-state index in [1.54, 1.807) is 6.92 Å². The van der Waals surface area contributed by atoms with Crippen LogP contribution in [0.5, 0.6) is 0 Å². The van der Waals surface area contributed by atoms with E-state index < -0.39 is 26.9 Å². The van der Waals surface area contributed by atoms with Gasteiger partial charge in [0.05, 0.1) is 5.25 Å². The molecule has 0 spiro atoms. The molecular weight excluding hydrogens is 286 g/mol. The largest absolute Gasteiger partial charge is 0.315 e. The number of nitrogens with one attached hydrogen (secondary N) is 2. The second-order valence-electron chi connectivity index (χ2n) is 4.62. The molecule has 0 aromatic heterocycles. The van der Waals surface area contributed by atoms with Crippen molar-refractivity contribution < 1.29 is 17.2 Å². The first-order chi connectivity index (χ1) is 9.36. The molecule has 0 aliphatic heterocycles. The molecule has 1 rings (SSSR count). The molecule has 0 radical (unpaired) electrons. The standard InChI is InChI=1S/C13H20F2N2O2S/c1-3-6-16-8-10(2)20(18,19)17-9-11-4-5-12(14)7-13(11)15/h4-5,7,10,16-17H,3,6,8-9H2,1-2H3. The lowest BCUT2D eigenvalue weighted by molar-refractivity contribution is 0.549. The van der Waals surface area contributed by atoms with Crippen LogP contribution in [0.3, 0.4) is 0 Å². The Morgan fingerprint density at radius 2 is 2.00 bits per heavy atom. The maximum absolute atomic E-state index is 13.4. The zero-order valence-corrected chi connectivity index (χ0v) is 12.4. The molecule has 1 aromatic carbocycles. The maximum Gasteiger partial charge on any atom is 0.215 e. The van der Waals surface area contributed by atoms with E-state index in [9.17, 15) is 17.2 Å². The van der Waals surface area contributed by atoms with E-state index in [2.05, 4.69) is 10.0 Å². The highest BCUT2D eigenvalue weighted by Gasteiger charge is 2.20. The summed E-state index contributed by atoms with van der Waals surface area (Å²) in [5.41, 5.74) is 0.115. The number of rotatable bonds is 8. The number of hydrogen-bond acceptors (Lipinski definition) is 3. The minimum absolute atomic E-state index is 0.115. The molecule has 1 atom stereocenters. The van der Waals surface area contributed by atoms with Gasteiger partial charge in [0, 0.05) is 24.7 Å². The van der Waals surface area contributed by atoms with Crippen molar-refractivity contribution in [2.45, 2.75) is 32.1 Å². The molecule has 0 fully saturated rings. The quantitative estimate of drug-likeness (QED) is 0.720. The average molecular weight is 306 g/mol. The summed E-state index contributed by atoms with van der Waals surface area (Å²) in [6.07, 6.45) is 0.918. The molecular formula is C13H20F2N2O2S. The molecule has 1 aromatic rings. The Labute approximate surface area is 118 Å². The molecule has 1 unspecified atom stereocenters. The van der Waals surface area contributed by atoms with Crippen LogP contribution in [0.2, 0.25) is 0 Å². The van der Waals surface area contributed by atoms with Crippen LogP contribution in [-0.4, -0.2) is 26.8 Å². The summed E-state index contributed by atoms with van der Waals surface area (Å²) in [6.45, 7) is 4.45. The van der Waals surface area contributed by atoms with Gasteiger partial charge in [0.15, 0.2) is 0 Å². The topological polar surface area (TPSA) is 58.2 Å². The molecule has 0 bridgehead atoms. The third kappa shape index (κ3) is 5.15. The van der Waals surface area contributed by atoms with Crippen LogP contribution in [0.4, 0.5) is 8.78 Å². The van der Waals surface area contributed by atoms with Gasteiger partial charge in [0.1, 0.15) is 11.6 Å². The predicted octanol–water partition coefficient (Wildman–Crippen LogP) is 1.77. The number of hydrogen-bond donors (Lipinski definition) is 2. The third-order valence-electron chi connectivity index (χ3n) is 2.87. The van der Waals surface area contributed by atoms with Gasteiger partial charge in [-0.15, -0.1) is 0 Å². The fourth-order valence-corrected chi connectivity index (χ4v) is 2.56. The van der Waals surface area contributed by atoms with Crippen LogP contribution < -0.4 is 10.0 Å². The van der Waals surface area contributed by atoms with Crippen LogP contribution in [0, 0.1) is 11.6 Å². The van der Waals surface area contributed by atoms with Gasteiger partial charge in [0.25, 0.3) is 0 Å². The van der Waals surface area contributed by atoms with E-state index in [-0.39, 0.29) is 12.1 Å². The van der Waals surface area contributed by atoms with E-state index in [0.717, 1.165) is 25.1 Å². The van der Waals surface area contributed by atoms with Gasteiger partial charge in [-0.3, -0.25) is 0 Å². The summed E-state index contributed by atoms with van der Waals surface area (Å²) in [4.78, 5) is 0. The Hall–Kier alpha value is -1.05. The molecule has 114 valence electrons. The lowest BCUT2D eigenvalue weighted by atomic mass is 10.2. The van der Waals surface area contributed by atoms with Crippen molar-refractivity contribution in [2.24, 2.45) is 0 Å². The van der Waals surface area contributed by atoms with Crippen molar-refractivity contribution in [1.82, 2.24) is 10.0 Å². The first-order valence-electron chi connectivity index (χ1n) is 6.50. The highest BCUT2D eigenvalue weighted by Crippen LogP contribution is 2.10. The van der Waals surface area contributed by atoms with Crippen LogP contribution in [0.1, 0.15) is 25.8 Å². The summed E-state index contributed by atoms with van der Waals surface area (Å²) in [6, 6.07) is 3.06. The molecule has 0 aliphatic rings. The fraction of sp³-hybridized carbons (Fsp3) is 0.538. The zero-order chi connectivity index (χ0) is 15.2. The smallest absolute Gasteiger partial charge is 0.215 e. The van der Waals surface area contributed by atoms with Crippen LogP contribution in [0.15, 0.2) is 18.2 Å². The van der Waals surface area contributed by atoms with E-state index in [1.807, 2.05) is 6.92 Å². The number of halogens is 2. The summed E-state index contributed by atoms with van der Waals surface area (Å²) in [5.74, 6) is -1.45. The molecule has 7 heteroatoms. The predicted molar refractivity (Wildman–Crippen MR) is 74.7 cm³/mol.